The van der Waals surface area contributed by atoms with Crippen LogP contribution in [0.25, 0.3) is 0 Å². The number of halogens is 1. The highest BCUT2D eigenvalue weighted by molar-refractivity contribution is 6.30. The first-order chi connectivity index (χ1) is 9.56. The van der Waals surface area contributed by atoms with Gasteiger partial charge in [0.15, 0.2) is 0 Å². The topological polar surface area (TPSA) is 49.3 Å². The Morgan fingerprint density at radius 1 is 1.15 bits per heavy atom. The number of rotatable bonds is 5. The number of carbonyl (C=O) groups is 1. The van der Waals surface area contributed by atoms with Gasteiger partial charge in [-0.15, -0.1) is 0 Å². The molecule has 2 rings (SSSR count). The number of hydrogen-bond donors (Lipinski definition) is 2. The van der Waals surface area contributed by atoms with Gasteiger partial charge in [0, 0.05) is 17.6 Å². The Hall–Kier alpha value is -1.84. The van der Waals surface area contributed by atoms with E-state index in [0.29, 0.717) is 12.1 Å². The van der Waals surface area contributed by atoms with E-state index in [9.17, 15) is 4.79 Å². The minimum Gasteiger partial charge on any atom is -0.478 e. The summed E-state index contributed by atoms with van der Waals surface area (Å²) in [7, 11) is 0. The number of carboxylic acids is 1. The van der Waals surface area contributed by atoms with Crippen molar-refractivity contribution in [1.29, 1.82) is 0 Å². The molecule has 2 aromatic carbocycles. The molecule has 0 heterocycles. The maximum absolute atomic E-state index is 10.8. The van der Waals surface area contributed by atoms with E-state index in [-0.39, 0.29) is 6.04 Å². The molecule has 0 saturated carbocycles. The van der Waals surface area contributed by atoms with E-state index in [0.717, 1.165) is 16.1 Å². The van der Waals surface area contributed by atoms with Gasteiger partial charge in [0.25, 0.3) is 0 Å². The van der Waals surface area contributed by atoms with Gasteiger partial charge >= 0.3 is 5.97 Å². The van der Waals surface area contributed by atoms with Crippen molar-refractivity contribution in [3.8, 4) is 0 Å². The largest absolute Gasteiger partial charge is 0.478 e. The predicted molar refractivity (Wildman–Crippen MR) is 80.1 cm³/mol. The fourth-order valence-corrected chi connectivity index (χ4v) is 2.03. The van der Waals surface area contributed by atoms with Gasteiger partial charge < -0.3 is 10.4 Å². The van der Waals surface area contributed by atoms with Crippen molar-refractivity contribution >= 4 is 17.6 Å². The van der Waals surface area contributed by atoms with Gasteiger partial charge in [-0.3, -0.25) is 0 Å². The van der Waals surface area contributed by atoms with Crippen LogP contribution >= 0.6 is 11.6 Å². The summed E-state index contributed by atoms with van der Waals surface area (Å²) in [5.74, 6) is -0.904. The summed E-state index contributed by atoms with van der Waals surface area (Å²) in [6.07, 6.45) is 0. The van der Waals surface area contributed by atoms with E-state index in [1.54, 1.807) is 12.1 Å². The molecule has 104 valence electrons. The van der Waals surface area contributed by atoms with E-state index in [1.807, 2.05) is 36.4 Å². The fourth-order valence-electron chi connectivity index (χ4n) is 1.91. The van der Waals surface area contributed by atoms with Crippen LogP contribution in [0.3, 0.4) is 0 Å². The summed E-state index contributed by atoms with van der Waals surface area (Å²) in [6, 6.07) is 14.8. The summed E-state index contributed by atoms with van der Waals surface area (Å²) in [5, 5.41) is 13.0. The molecule has 2 aromatic rings. The van der Waals surface area contributed by atoms with Gasteiger partial charge in [-0.1, -0.05) is 35.9 Å². The van der Waals surface area contributed by atoms with Gasteiger partial charge in [0.2, 0.25) is 0 Å². The molecule has 20 heavy (non-hydrogen) atoms. The van der Waals surface area contributed by atoms with Crippen molar-refractivity contribution in [1.82, 2.24) is 5.32 Å². The lowest BCUT2D eigenvalue weighted by molar-refractivity contribution is 0.0697. The third kappa shape index (κ3) is 3.83. The van der Waals surface area contributed by atoms with Crippen molar-refractivity contribution in [2.75, 3.05) is 0 Å². The van der Waals surface area contributed by atoms with Crippen LogP contribution in [-0.4, -0.2) is 11.1 Å². The molecule has 4 heteroatoms. The molecule has 0 amide bonds. The SMILES string of the molecule is C[C@H](NCc1ccc(C(=O)O)cc1)c1ccc(Cl)cc1. The van der Waals surface area contributed by atoms with Crippen molar-refractivity contribution in [3.05, 3.63) is 70.2 Å². The zero-order chi connectivity index (χ0) is 14.5. The first-order valence-corrected chi connectivity index (χ1v) is 6.75. The Morgan fingerprint density at radius 3 is 2.30 bits per heavy atom. The monoisotopic (exact) mass is 289 g/mol. The molecule has 0 aromatic heterocycles. The van der Waals surface area contributed by atoms with Crippen molar-refractivity contribution in [3.63, 3.8) is 0 Å². The van der Waals surface area contributed by atoms with Crippen molar-refractivity contribution in [2.24, 2.45) is 0 Å². The third-order valence-corrected chi connectivity index (χ3v) is 3.44. The number of nitrogens with one attached hydrogen (secondary N) is 1. The summed E-state index contributed by atoms with van der Waals surface area (Å²) < 4.78 is 0. The fraction of sp³-hybridized carbons (Fsp3) is 0.188. The maximum atomic E-state index is 10.8. The van der Waals surface area contributed by atoms with Gasteiger partial charge in [0.1, 0.15) is 0 Å². The van der Waals surface area contributed by atoms with E-state index >= 15 is 0 Å². The molecule has 3 nitrogen and oxygen atoms in total. The molecular weight excluding hydrogens is 274 g/mol. The van der Waals surface area contributed by atoms with Gasteiger partial charge in [-0.05, 0) is 42.3 Å². The van der Waals surface area contributed by atoms with Crippen LogP contribution in [-0.2, 0) is 6.54 Å². The second-order valence-electron chi connectivity index (χ2n) is 4.66. The molecule has 0 fully saturated rings. The normalized spacial score (nSPS) is 12.1. The molecule has 2 N–H and O–H groups in total. The van der Waals surface area contributed by atoms with E-state index in [1.165, 1.54) is 0 Å². The van der Waals surface area contributed by atoms with Crippen LogP contribution < -0.4 is 5.32 Å². The first kappa shape index (κ1) is 14.6. The van der Waals surface area contributed by atoms with Gasteiger partial charge in [-0.25, -0.2) is 4.79 Å². The second kappa shape index (κ2) is 6.55. The van der Waals surface area contributed by atoms with E-state index in [4.69, 9.17) is 16.7 Å². The smallest absolute Gasteiger partial charge is 0.335 e. The van der Waals surface area contributed by atoms with Crippen LogP contribution in [0.15, 0.2) is 48.5 Å². The molecule has 0 radical (unpaired) electrons. The summed E-state index contributed by atoms with van der Waals surface area (Å²) in [4.78, 5) is 10.8. The van der Waals surface area contributed by atoms with Crippen LogP contribution in [0.2, 0.25) is 5.02 Å². The zero-order valence-electron chi connectivity index (χ0n) is 11.1. The molecule has 0 unspecified atom stereocenters. The van der Waals surface area contributed by atoms with Gasteiger partial charge in [-0.2, -0.15) is 0 Å². The molecule has 0 bridgehead atoms. The number of carboxylic acid groups (broad SMARTS) is 1. The number of benzene rings is 2. The Morgan fingerprint density at radius 2 is 1.75 bits per heavy atom. The highest BCUT2D eigenvalue weighted by Gasteiger charge is 2.05. The first-order valence-electron chi connectivity index (χ1n) is 6.37. The standard InChI is InChI=1S/C16H16ClNO2/c1-11(13-6-8-15(17)9-7-13)18-10-12-2-4-14(5-3-12)16(19)20/h2-9,11,18H,10H2,1H3,(H,19,20)/t11-/m0/s1. The Kier molecular flexibility index (Phi) is 4.77. The van der Waals surface area contributed by atoms with Crippen molar-refractivity contribution in [2.45, 2.75) is 19.5 Å². The van der Waals surface area contributed by atoms with E-state index < -0.39 is 5.97 Å². The van der Waals surface area contributed by atoms with Gasteiger partial charge in [0.05, 0.1) is 5.56 Å². The van der Waals surface area contributed by atoms with Crippen LogP contribution in [0.1, 0.15) is 34.5 Å². The third-order valence-electron chi connectivity index (χ3n) is 3.18. The number of aromatic carboxylic acids is 1. The maximum Gasteiger partial charge on any atom is 0.335 e. The summed E-state index contributed by atoms with van der Waals surface area (Å²) in [6.45, 7) is 2.76. The minimum atomic E-state index is -0.904. The molecular formula is C16H16ClNO2. The second-order valence-corrected chi connectivity index (χ2v) is 5.09. The lowest BCUT2D eigenvalue weighted by Crippen LogP contribution is -2.18. The average Bonchev–Trinajstić information content (AvgIpc) is 2.46. The minimum absolute atomic E-state index is 0.200. The van der Waals surface area contributed by atoms with Crippen LogP contribution in [0, 0.1) is 0 Å². The predicted octanol–water partition coefficient (Wildman–Crippen LogP) is 3.89. The summed E-state index contributed by atoms with van der Waals surface area (Å²) >= 11 is 5.86. The quantitative estimate of drug-likeness (QED) is 0.878. The van der Waals surface area contributed by atoms with E-state index in [2.05, 4.69) is 12.2 Å². The molecule has 0 aliphatic carbocycles. The molecule has 0 spiro atoms. The Labute approximate surface area is 123 Å². The van der Waals surface area contributed by atoms with Crippen LogP contribution in [0.4, 0.5) is 0 Å². The Balaban J connectivity index is 1.94. The highest BCUT2D eigenvalue weighted by atomic mass is 35.5. The lowest BCUT2D eigenvalue weighted by Gasteiger charge is -2.14. The lowest BCUT2D eigenvalue weighted by atomic mass is 10.1. The molecule has 0 aliphatic heterocycles. The van der Waals surface area contributed by atoms with Crippen LogP contribution in [0.5, 0.6) is 0 Å². The zero-order valence-corrected chi connectivity index (χ0v) is 11.9. The van der Waals surface area contributed by atoms with Crippen molar-refractivity contribution < 1.29 is 9.90 Å². The Bertz CT molecular complexity index is 578. The molecule has 1 atom stereocenters. The molecule has 0 saturated heterocycles. The average molecular weight is 290 g/mol. The molecule has 0 aliphatic rings. The number of hydrogen-bond acceptors (Lipinski definition) is 2. The summed E-state index contributed by atoms with van der Waals surface area (Å²) in [5.41, 5.74) is 2.52. The highest BCUT2D eigenvalue weighted by Crippen LogP contribution is 2.16.